The molecular weight excluding hydrogens is 468 g/mol. The van der Waals surface area contributed by atoms with Crippen molar-refractivity contribution in [2.45, 2.75) is 51.5 Å². The van der Waals surface area contributed by atoms with Crippen molar-refractivity contribution in [2.75, 3.05) is 11.4 Å². The lowest BCUT2D eigenvalue weighted by molar-refractivity contribution is -0.122. The molecule has 5 nitrogen and oxygen atoms in total. The molecule has 32 heavy (non-hydrogen) atoms. The molecule has 1 unspecified atom stereocenters. The second-order valence-corrected chi connectivity index (χ2v) is 9.40. The van der Waals surface area contributed by atoms with Gasteiger partial charge in [-0.2, -0.15) is 0 Å². The van der Waals surface area contributed by atoms with E-state index in [9.17, 15) is 14.4 Å². The highest BCUT2D eigenvalue weighted by molar-refractivity contribution is 9.10. The lowest BCUT2D eigenvalue weighted by atomic mass is 9.96. The number of amides is 3. The van der Waals surface area contributed by atoms with Crippen LogP contribution in [0.15, 0.2) is 64.7 Å². The molecule has 0 spiro atoms. The quantitative estimate of drug-likeness (QED) is 0.397. The maximum atomic E-state index is 13.5. The fraction of sp³-hybridized carbons (Fsp3) is 0.346. The van der Waals surface area contributed by atoms with Crippen molar-refractivity contribution in [3.63, 3.8) is 0 Å². The Kier molecular flexibility index (Phi) is 6.89. The molecule has 2 aliphatic rings. The van der Waals surface area contributed by atoms with Gasteiger partial charge in [0.15, 0.2) is 0 Å². The molecule has 0 aromatic heterocycles. The van der Waals surface area contributed by atoms with Crippen LogP contribution in [0.5, 0.6) is 0 Å². The van der Waals surface area contributed by atoms with Gasteiger partial charge in [-0.15, -0.1) is 0 Å². The molecule has 1 fully saturated rings. The molecule has 1 saturated heterocycles. The van der Waals surface area contributed by atoms with E-state index in [0.717, 1.165) is 35.7 Å². The summed E-state index contributed by atoms with van der Waals surface area (Å²) in [4.78, 5) is 42.5. The monoisotopic (exact) mass is 494 g/mol. The minimum absolute atomic E-state index is 0.00550. The highest BCUT2D eigenvalue weighted by Gasteiger charge is 2.44. The van der Waals surface area contributed by atoms with Gasteiger partial charge in [0.1, 0.15) is 6.04 Å². The van der Waals surface area contributed by atoms with Gasteiger partial charge >= 0.3 is 0 Å². The lowest BCUT2D eigenvalue weighted by Gasteiger charge is -2.28. The third-order valence-corrected chi connectivity index (χ3v) is 6.73. The summed E-state index contributed by atoms with van der Waals surface area (Å²) in [7, 11) is 0. The number of rotatable bonds is 6. The van der Waals surface area contributed by atoms with Gasteiger partial charge in [-0.25, -0.2) is 4.90 Å². The topological polar surface area (TPSA) is 57.7 Å². The summed E-state index contributed by atoms with van der Waals surface area (Å²) in [5.41, 5.74) is 3.47. The van der Waals surface area contributed by atoms with Crippen molar-refractivity contribution in [1.29, 1.82) is 0 Å². The van der Waals surface area contributed by atoms with E-state index in [1.165, 1.54) is 16.9 Å². The van der Waals surface area contributed by atoms with Gasteiger partial charge in [0.05, 0.1) is 12.1 Å². The molecule has 166 valence electrons. The molecular formula is C26H27BrN2O3. The van der Waals surface area contributed by atoms with Crippen molar-refractivity contribution in [2.24, 2.45) is 0 Å². The van der Waals surface area contributed by atoms with Crippen LogP contribution >= 0.6 is 15.9 Å². The Labute approximate surface area is 197 Å². The average molecular weight is 495 g/mol. The van der Waals surface area contributed by atoms with E-state index in [0.29, 0.717) is 17.8 Å². The van der Waals surface area contributed by atoms with Gasteiger partial charge < -0.3 is 4.90 Å². The molecule has 1 atom stereocenters. The van der Waals surface area contributed by atoms with Crippen molar-refractivity contribution in [3.8, 4) is 0 Å². The molecule has 2 aromatic rings. The SMILES string of the molecule is Cc1ccc(C(=O)N(CCC2=CCCCC2)C2CC(=O)N(c3ccc(Br)cc3)C2=O)cc1. The number of nitrogens with zero attached hydrogens (tertiary/aromatic N) is 2. The van der Waals surface area contributed by atoms with Gasteiger partial charge in [-0.05, 0) is 75.4 Å². The van der Waals surface area contributed by atoms with Crippen molar-refractivity contribution < 1.29 is 14.4 Å². The summed E-state index contributed by atoms with van der Waals surface area (Å²) in [6, 6.07) is 13.7. The number of allylic oxidation sites excluding steroid dienone is 1. The zero-order valence-electron chi connectivity index (χ0n) is 18.2. The average Bonchev–Trinajstić information content (AvgIpc) is 3.09. The van der Waals surface area contributed by atoms with E-state index in [-0.39, 0.29) is 24.1 Å². The summed E-state index contributed by atoms with van der Waals surface area (Å²) < 4.78 is 0.869. The fourth-order valence-corrected chi connectivity index (χ4v) is 4.64. The minimum atomic E-state index is -0.788. The molecule has 0 saturated carbocycles. The highest BCUT2D eigenvalue weighted by atomic mass is 79.9. The van der Waals surface area contributed by atoms with E-state index < -0.39 is 6.04 Å². The molecule has 0 radical (unpaired) electrons. The van der Waals surface area contributed by atoms with Crippen LogP contribution in [0, 0.1) is 6.92 Å². The number of anilines is 1. The highest BCUT2D eigenvalue weighted by Crippen LogP contribution is 2.29. The minimum Gasteiger partial charge on any atom is -0.326 e. The smallest absolute Gasteiger partial charge is 0.257 e. The van der Waals surface area contributed by atoms with Crippen molar-refractivity contribution in [3.05, 3.63) is 75.8 Å². The molecule has 0 bridgehead atoms. The standard InChI is InChI=1S/C26H27BrN2O3/c1-18-7-9-20(10-8-18)25(31)28(16-15-19-5-3-2-4-6-19)23-17-24(30)29(26(23)32)22-13-11-21(27)12-14-22/h5,7-14,23H,2-4,6,15-17H2,1H3. The summed E-state index contributed by atoms with van der Waals surface area (Å²) in [6.45, 7) is 2.40. The van der Waals surface area contributed by atoms with Crippen LogP contribution < -0.4 is 4.90 Å². The van der Waals surface area contributed by atoms with Crippen LogP contribution in [0.4, 0.5) is 5.69 Å². The van der Waals surface area contributed by atoms with Gasteiger partial charge in [0.25, 0.3) is 11.8 Å². The molecule has 4 rings (SSSR count). The number of hydrogen-bond donors (Lipinski definition) is 0. The van der Waals surface area contributed by atoms with Crippen molar-refractivity contribution in [1.82, 2.24) is 4.90 Å². The molecule has 1 aliphatic carbocycles. The Balaban J connectivity index is 1.60. The first-order valence-electron chi connectivity index (χ1n) is 11.1. The number of benzene rings is 2. The number of halogens is 1. The summed E-state index contributed by atoms with van der Waals surface area (Å²) in [6.07, 6.45) is 7.46. The lowest BCUT2D eigenvalue weighted by Crippen LogP contribution is -2.46. The van der Waals surface area contributed by atoms with Crippen LogP contribution in [0.25, 0.3) is 0 Å². The summed E-state index contributed by atoms with van der Waals surface area (Å²) >= 11 is 3.38. The first-order valence-corrected chi connectivity index (χ1v) is 11.9. The molecule has 2 aromatic carbocycles. The molecule has 0 N–H and O–H groups in total. The fourth-order valence-electron chi connectivity index (χ4n) is 4.38. The Morgan fingerprint density at radius 3 is 2.44 bits per heavy atom. The van der Waals surface area contributed by atoms with Crippen LogP contribution in [-0.2, 0) is 9.59 Å². The number of imide groups is 1. The van der Waals surface area contributed by atoms with Crippen LogP contribution in [0.3, 0.4) is 0 Å². The zero-order chi connectivity index (χ0) is 22.7. The second-order valence-electron chi connectivity index (χ2n) is 8.49. The number of aryl methyl sites for hydroxylation is 1. The van der Waals surface area contributed by atoms with E-state index in [2.05, 4.69) is 22.0 Å². The Hall–Kier alpha value is -2.73. The third-order valence-electron chi connectivity index (χ3n) is 6.20. The maximum Gasteiger partial charge on any atom is 0.257 e. The predicted octanol–water partition coefficient (Wildman–Crippen LogP) is 5.42. The normalized spacial score (nSPS) is 18.6. The first-order chi connectivity index (χ1) is 15.4. The zero-order valence-corrected chi connectivity index (χ0v) is 19.8. The summed E-state index contributed by atoms with van der Waals surface area (Å²) in [5, 5.41) is 0. The third kappa shape index (κ3) is 4.85. The number of carbonyl (C=O) groups excluding carboxylic acids is 3. The number of carbonyl (C=O) groups is 3. The Morgan fingerprint density at radius 1 is 1.06 bits per heavy atom. The molecule has 1 aliphatic heterocycles. The maximum absolute atomic E-state index is 13.5. The van der Waals surface area contributed by atoms with Gasteiger partial charge in [0.2, 0.25) is 5.91 Å². The molecule has 6 heteroatoms. The Bertz CT molecular complexity index is 1040. The Morgan fingerprint density at radius 2 is 1.78 bits per heavy atom. The molecule has 1 heterocycles. The number of hydrogen-bond acceptors (Lipinski definition) is 3. The van der Waals surface area contributed by atoms with Gasteiger partial charge in [-0.1, -0.05) is 45.3 Å². The summed E-state index contributed by atoms with van der Waals surface area (Å²) in [5.74, 6) is -0.818. The van der Waals surface area contributed by atoms with Crippen LogP contribution in [-0.4, -0.2) is 35.2 Å². The first kappa shape index (κ1) is 22.5. The predicted molar refractivity (Wildman–Crippen MR) is 128 cm³/mol. The van der Waals surface area contributed by atoms with Crippen LogP contribution in [0.2, 0.25) is 0 Å². The van der Waals surface area contributed by atoms with Crippen molar-refractivity contribution >= 4 is 39.3 Å². The van der Waals surface area contributed by atoms with E-state index >= 15 is 0 Å². The van der Waals surface area contributed by atoms with Gasteiger partial charge in [0, 0.05) is 16.6 Å². The van der Waals surface area contributed by atoms with E-state index in [1.54, 1.807) is 41.3 Å². The molecule has 3 amide bonds. The van der Waals surface area contributed by atoms with Gasteiger partial charge in [-0.3, -0.25) is 14.4 Å². The van der Waals surface area contributed by atoms with E-state index in [4.69, 9.17) is 0 Å². The largest absolute Gasteiger partial charge is 0.326 e. The van der Waals surface area contributed by atoms with Crippen LogP contribution in [0.1, 0.15) is 54.4 Å². The van der Waals surface area contributed by atoms with E-state index in [1.807, 2.05) is 19.1 Å². The second kappa shape index (κ2) is 9.82.